The summed E-state index contributed by atoms with van der Waals surface area (Å²) >= 11 is 1.42. The Morgan fingerprint density at radius 2 is 2.05 bits per heavy atom. The number of hydrogen-bond donors (Lipinski definition) is 1. The number of carbonyl (C=O) groups is 1. The van der Waals surface area contributed by atoms with Gasteiger partial charge in [-0.25, -0.2) is 4.79 Å². The van der Waals surface area contributed by atoms with Gasteiger partial charge in [0.1, 0.15) is 4.88 Å². The standard InChI is InChI=1S/C16H19NO2S/c1-5-11-13(17)15(16(18)19-4)20-14(11)12-7-6-9(2)8-10(12)3/h6-8H,5,17H2,1-4H3. The van der Waals surface area contributed by atoms with Gasteiger partial charge in [-0.2, -0.15) is 0 Å². The number of ether oxygens (including phenoxy) is 1. The van der Waals surface area contributed by atoms with Crippen LogP contribution in [-0.4, -0.2) is 13.1 Å². The van der Waals surface area contributed by atoms with Crippen molar-refractivity contribution < 1.29 is 9.53 Å². The Hall–Kier alpha value is -1.81. The monoisotopic (exact) mass is 289 g/mol. The Kier molecular flexibility index (Phi) is 4.14. The second-order valence-electron chi connectivity index (χ2n) is 4.82. The first-order valence-corrected chi connectivity index (χ1v) is 7.38. The van der Waals surface area contributed by atoms with Gasteiger partial charge in [0, 0.05) is 4.88 Å². The predicted octanol–water partition coefficient (Wildman–Crippen LogP) is 3.96. The highest BCUT2D eigenvalue weighted by Crippen LogP contribution is 2.40. The molecule has 20 heavy (non-hydrogen) atoms. The van der Waals surface area contributed by atoms with E-state index in [0.717, 1.165) is 22.4 Å². The summed E-state index contributed by atoms with van der Waals surface area (Å²) in [5.41, 5.74) is 11.3. The summed E-state index contributed by atoms with van der Waals surface area (Å²) in [6.07, 6.45) is 0.794. The lowest BCUT2D eigenvalue weighted by Gasteiger charge is -2.07. The molecule has 0 radical (unpaired) electrons. The third-order valence-electron chi connectivity index (χ3n) is 3.40. The van der Waals surface area contributed by atoms with Gasteiger partial charge in [0.05, 0.1) is 12.8 Å². The Labute approximate surface area is 123 Å². The van der Waals surface area contributed by atoms with E-state index in [2.05, 4.69) is 32.0 Å². The van der Waals surface area contributed by atoms with Crippen molar-refractivity contribution in [2.24, 2.45) is 0 Å². The molecule has 3 nitrogen and oxygen atoms in total. The topological polar surface area (TPSA) is 52.3 Å². The van der Waals surface area contributed by atoms with Crippen molar-refractivity contribution in [2.75, 3.05) is 12.8 Å². The van der Waals surface area contributed by atoms with Gasteiger partial charge in [-0.3, -0.25) is 0 Å². The van der Waals surface area contributed by atoms with Crippen LogP contribution in [0.3, 0.4) is 0 Å². The lowest BCUT2D eigenvalue weighted by molar-refractivity contribution is 0.0607. The second kappa shape index (κ2) is 5.67. The molecular weight excluding hydrogens is 270 g/mol. The minimum absolute atomic E-state index is 0.363. The van der Waals surface area contributed by atoms with Crippen LogP contribution in [0.25, 0.3) is 10.4 Å². The molecule has 4 heteroatoms. The summed E-state index contributed by atoms with van der Waals surface area (Å²) < 4.78 is 4.81. The summed E-state index contributed by atoms with van der Waals surface area (Å²) in [5.74, 6) is -0.363. The molecule has 1 aromatic carbocycles. The summed E-state index contributed by atoms with van der Waals surface area (Å²) in [6, 6.07) is 6.31. The lowest BCUT2D eigenvalue weighted by atomic mass is 10.0. The molecule has 0 spiro atoms. The Balaban J connectivity index is 2.64. The molecule has 0 bridgehead atoms. The highest BCUT2D eigenvalue weighted by Gasteiger charge is 2.22. The molecule has 0 saturated carbocycles. The van der Waals surface area contributed by atoms with Gasteiger partial charge in [0.25, 0.3) is 0 Å². The third-order valence-corrected chi connectivity index (χ3v) is 4.66. The predicted molar refractivity (Wildman–Crippen MR) is 84.4 cm³/mol. The van der Waals surface area contributed by atoms with Crippen LogP contribution in [0.2, 0.25) is 0 Å². The molecule has 0 unspecified atom stereocenters. The van der Waals surface area contributed by atoms with E-state index in [1.54, 1.807) is 0 Å². The van der Waals surface area contributed by atoms with Crippen LogP contribution in [0.1, 0.15) is 33.3 Å². The van der Waals surface area contributed by atoms with E-state index in [0.29, 0.717) is 10.6 Å². The maximum Gasteiger partial charge on any atom is 0.350 e. The van der Waals surface area contributed by atoms with E-state index >= 15 is 0 Å². The van der Waals surface area contributed by atoms with Crippen LogP contribution in [0, 0.1) is 13.8 Å². The van der Waals surface area contributed by atoms with Crippen LogP contribution in [-0.2, 0) is 11.2 Å². The van der Waals surface area contributed by atoms with Crippen LogP contribution >= 0.6 is 11.3 Å². The third kappa shape index (κ3) is 2.43. The molecule has 106 valence electrons. The molecule has 0 amide bonds. The quantitative estimate of drug-likeness (QED) is 0.870. The zero-order valence-corrected chi connectivity index (χ0v) is 13.1. The Morgan fingerprint density at radius 1 is 1.35 bits per heavy atom. The van der Waals surface area contributed by atoms with E-state index in [1.807, 2.05) is 6.92 Å². The number of anilines is 1. The maximum absolute atomic E-state index is 11.8. The van der Waals surface area contributed by atoms with E-state index in [9.17, 15) is 4.79 Å². The molecule has 2 aromatic rings. The number of carbonyl (C=O) groups excluding carboxylic acids is 1. The van der Waals surface area contributed by atoms with Gasteiger partial charge in [0.2, 0.25) is 0 Å². The molecule has 0 fully saturated rings. The van der Waals surface area contributed by atoms with Gasteiger partial charge in [0.15, 0.2) is 0 Å². The average molecular weight is 289 g/mol. The molecule has 2 rings (SSSR count). The lowest BCUT2D eigenvalue weighted by Crippen LogP contribution is -2.02. The largest absolute Gasteiger partial charge is 0.465 e. The van der Waals surface area contributed by atoms with Crippen molar-refractivity contribution in [3.8, 4) is 10.4 Å². The fourth-order valence-electron chi connectivity index (χ4n) is 2.36. The molecule has 0 aliphatic heterocycles. The fraction of sp³-hybridized carbons (Fsp3) is 0.312. The van der Waals surface area contributed by atoms with Gasteiger partial charge < -0.3 is 10.5 Å². The van der Waals surface area contributed by atoms with Crippen LogP contribution in [0.4, 0.5) is 5.69 Å². The number of esters is 1. The molecule has 1 heterocycles. The number of hydrogen-bond acceptors (Lipinski definition) is 4. The molecule has 0 atom stereocenters. The fourth-order valence-corrected chi connectivity index (χ4v) is 3.68. The molecule has 0 aliphatic rings. The van der Waals surface area contributed by atoms with Crippen molar-refractivity contribution >= 4 is 23.0 Å². The van der Waals surface area contributed by atoms with Crippen molar-refractivity contribution in [1.82, 2.24) is 0 Å². The SMILES string of the molecule is CCc1c(-c2ccc(C)cc2C)sc(C(=O)OC)c1N. The summed E-state index contributed by atoms with van der Waals surface area (Å²) in [4.78, 5) is 13.4. The van der Waals surface area contributed by atoms with E-state index < -0.39 is 0 Å². The maximum atomic E-state index is 11.8. The molecular formula is C16H19NO2S. The smallest absolute Gasteiger partial charge is 0.350 e. The zero-order chi connectivity index (χ0) is 14.9. The van der Waals surface area contributed by atoms with Crippen molar-refractivity contribution in [3.05, 3.63) is 39.8 Å². The van der Waals surface area contributed by atoms with Gasteiger partial charge in [-0.15, -0.1) is 11.3 Å². The first-order valence-electron chi connectivity index (χ1n) is 6.56. The number of aryl methyl sites for hydroxylation is 2. The number of nitrogens with two attached hydrogens (primary N) is 1. The summed E-state index contributed by atoms with van der Waals surface area (Å²) in [7, 11) is 1.38. The minimum atomic E-state index is -0.363. The van der Waals surface area contributed by atoms with Crippen LogP contribution in [0.5, 0.6) is 0 Å². The summed E-state index contributed by atoms with van der Waals surface area (Å²) in [5, 5.41) is 0. The highest BCUT2D eigenvalue weighted by atomic mass is 32.1. The Morgan fingerprint density at radius 3 is 2.60 bits per heavy atom. The van der Waals surface area contributed by atoms with Crippen molar-refractivity contribution in [3.63, 3.8) is 0 Å². The molecule has 2 N–H and O–H groups in total. The number of methoxy groups -OCH3 is 1. The van der Waals surface area contributed by atoms with E-state index in [1.165, 1.54) is 29.6 Å². The summed E-state index contributed by atoms with van der Waals surface area (Å²) in [6.45, 7) is 6.20. The number of rotatable bonds is 3. The molecule has 1 aromatic heterocycles. The second-order valence-corrected chi connectivity index (χ2v) is 5.84. The zero-order valence-electron chi connectivity index (χ0n) is 12.2. The van der Waals surface area contributed by atoms with E-state index in [-0.39, 0.29) is 5.97 Å². The molecule has 0 saturated heterocycles. The van der Waals surface area contributed by atoms with Gasteiger partial charge in [-0.1, -0.05) is 30.7 Å². The number of benzene rings is 1. The molecule has 0 aliphatic carbocycles. The average Bonchev–Trinajstić information content (AvgIpc) is 2.74. The van der Waals surface area contributed by atoms with Gasteiger partial charge in [-0.05, 0) is 37.0 Å². The first kappa shape index (κ1) is 14.6. The van der Waals surface area contributed by atoms with Crippen molar-refractivity contribution in [1.29, 1.82) is 0 Å². The van der Waals surface area contributed by atoms with Crippen LogP contribution < -0.4 is 5.73 Å². The normalized spacial score (nSPS) is 10.6. The first-order chi connectivity index (χ1) is 9.49. The van der Waals surface area contributed by atoms with Crippen molar-refractivity contribution in [2.45, 2.75) is 27.2 Å². The minimum Gasteiger partial charge on any atom is -0.465 e. The number of thiophene rings is 1. The Bertz CT molecular complexity index is 659. The number of nitrogen functional groups attached to an aromatic ring is 1. The van der Waals surface area contributed by atoms with Gasteiger partial charge >= 0.3 is 5.97 Å². The van der Waals surface area contributed by atoms with E-state index in [4.69, 9.17) is 10.5 Å². The van der Waals surface area contributed by atoms with Crippen LogP contribution in [0.15, 0.2) is 18.2 Å². The highest BCUT2D eigenvalue weighted by molar-refractivity contribution is 7.18.